The van der Waals surface area contributed by atoms with Crippen molar-refractivity contribution in [3.05, 3.63) is 46.6 Å². The van der Waals surface area contributed by atoms with E-state index < -0.39 is 0 Å². The minimum atomic E-state index is -0.339. The highest BCUT2D eigenvalue weighted by Gasteiger charge is 2.14. The van der Waals surface area contributed by atoms with Crippen LogP contribution in [0, 0.1) is 13.8 Å². The largest absolute Gasteiger partial charge is 0.379 e. The van der Waals surface area contributed by atoms with Crippen molar-refractivity contribution < 1.29 is 9.26 Å². The fraction of sp³-hybridized carbons (Fsp3) is 0.500. The van der Waals surface area contributed by atoms with Gasteiger partial charge in [-0.25, -0.2) is 0 Å². The van der Waals surface area contributed by atoms with Crippen molar-refractivity contribution >= 4 is 0 Å². The smallest absolute Gasteiger partial charge is 0.231 e. The highest BCUT2D eigenvalue weighted by Crippen LogP contribution is 2.14. The van der Waals surface area contributed by atoms with E-state index in [0.717, 1.165) is 12.0 Å². The average Bonchev–Trinajstić information content (AvgIpc) is 2.92. The number of benzene rings is 1. The maximum Gasteiger partial charge on any atom is 0.231 e. The Morgan fingerprint density at radius 2 is 2.10 bits per heavy atom. The topological polar surface area (TPSA) is 74.2 Å². The summed E-state index contributed by atoms with van der Waals surface area (Å²) < 4.78 is 10.7. The quantitative estimate of drug-likeness (QED) is 0.793. The minimum absolute atomic E-state index is 0.339. The summed E-state index contributed by atoms with van der Waals surface area (Å²) in [7, 11) is 0. The Morgan fingerprint density at radius 3 is 2.81 bits per heavy atom. The molecule has 2 rings (SSSR count). The molecule has 0 radical (unpaired) electrons. The monoisotopic (exact) mass is 289 g/mol. The summed E-state index contributed by atoms with van der Waals surface area (Å²) in [6.07, 6.45) is 1.59. The predicted molar refractivity (Wildman–Crippen MR) is 81.1 cm³/mol. The molecule has 0 aliphatic heterocycles. The van der Waals surface area contributed by atoms with Crippen molar-refractivity contribution in [2.24, 2.45) is 5.73 Å². The average molecular weight is 289 g/mol. The lowest BCUT2D eigenvalue weighted by Crippen LogP contribution is -2.18. The summed E-state index contributed by atoms with van der Waals surface area (Å²) in [6.45, 7) is 7.36. The van der Waals surface area contributed by atoms with E-state index in [-0.39, 0.29) is 6.04 Å². The number of nitrogens with zero attached hydrogens (tertiary/aromatic N) is 2. The van der Waals surface area contributed by atoms with E-state index in [1.54, 1.807) is 0 Å². The van der Waals surface area contributed by atoms with Crippen molar-refractivity contribution in [1.29, 1.82) is 0 Å². The number of aryl methyl sites for hydroxylation is 2. The van der Waals surface area contributed by atoms with Gasteiger partial charge in [-0.2, -0.15) is 4.98 Å². The first-order chi connectivity index (χ1) is 10.1. The first-order valence-corrected chi connectivity index (χ1v) is 7.32. The summed E-state index contributed by atoms with van der Waals surface area (Å²) in [6, 6.07) is 5.99. The Hall–Kier alpha value is -1.72. The highest BCUT2D eigenvalue weighted by molar-refractivity contribution is 5.31. The molecular formula is C16H23N3O2. The first-order valence-electron chi connectivity index (χ1n) is 7.32. The molecule has 0 aliphatic carbocycles. The van der Waals surface area contributed by atoms with Gasteiger partial charge in [0.15, 0.2) is 5.82 Å². The molecule has 0 saturated carbocycles. The predicted octanol–water partition coefficient (Wildman–Crippen LogP) is 2.70. The number of hydrogen-bond donors (Lipinski definition) is 1. The molecule has 1 unspecified atom stereocenters. The van der Waals surface area contributed by atoms with Crippen molar-refractivity contribution in [3.8, 4) is 0 Å². The Bertz CT molecular complexity index is 581. The maximum absolute atomic E-state index is 5.98. The molecule has 1 atom stereocenters. The lowest BCUT2D eigenvalue weighted by Gasteiger charge is -2.06. The van der Waals surface area contributed by atoms with Gasteiger partial charge in [0.1, 0.15) is 0 Å². The molecule has 0 amide bonds. The Labute approximate surface area is 125 Å². The molecule has 5 nitrogen and oxygen atoms in total. The van der Waals surface area contributed by atoms with Gasteiger partial charge in [0.2, 0.25) is 5.89 Å². The number of hydrogen-bond acceptors (Lipinski definition) is 5. The van der Waals surface area contributed by atoms with Crippen LogP contribution in [0.1, 0.15) is 47.8 Å². The van der Waals surface area contributed by atoms with Crippen LogP contribution in [0.2, 0.25) is 0 Å². The fourth-order valence-electron chi connectivity index (χ4n) is 2.01. The second-order valence-corrected chi connectivity index (χ2v) is 5.32. The SMILES string of the molecule is CCCOCC(N)c1noc(Cc2ccc(C)c(C)c2)n1. The van der Waals surface area contributed by atoms with Gasteiger partial charge in [-0.05, 0) is 37.0 Å². The molecule has 0 fully saturated rings. The summed E-state index contributed by atoms with van der Waals surface area (Å²) in [5, 5.41) is 3.94. The van der Waals surface area contributed by atoms with E-state index in [4.69, 9.17) is 15.0 Å². The Balaban J connectivity index is 1.97. The maximum atomic E-state index is 5.98. The van der Waals surface area contributed by atoms with Gasteiger partial charge in [-0.1, -0.05) is 30.3 Å². The Kier molecular flexibility index (Phi) is 5.47. The molecule has 5 heteroatoms. The number of rotatable bonds is 7. The van der Waals surface area contributed by atoms with Crippen LogP contribution in [0.25, 0.3) is 0 Å². The van der Waals surface area contributed by atoms with E-state index in [2.05, 4.69) is 49.1 Å². The molecule has 0 bridgehead atoms. The second-order valence-electron chi connectivity index (χ2n) is 5.32. The van der Waals surface area contributed by atoms with Crippen LogP contribution in [0.15, 0.2) is 22.7 Å². The zero-order valence-corrected chi connectivity index (χ0v) is 12.9. The van der Waals surface area contributed by atoms with E-state index in [1.807, 2.05) is 0 Å². The summed E-state index contributed by atoms with van der Waals surface area (Å²) in [5.41, 5.74) is 9.67. The molecule has 114 valence electrons. The summed E-state index contributed by atoms with van der Waals surface area (Å²) in [4.78, 5) is 4.35. The molecular weight excluding hydrogens is 266 g/mol. The van der Waals surface area contributed by atoms with Crippen LogP contribution in [0.3, 0.4) is 0 Å². The molecule has 1 aromatic carbocycles. The van der Waals surface area contributed by atoms with Gasteiger partial charge >= 0.3 is 0 Å². The molecule has 0 spiro atoms. The van der Waals surface area contributed by atoms with Crippen LogP contribution < -0.4 is 5.73 Å². The molecule has 0 aliphatic rings. The number of aromatic nitrogens is 2. The lowest BCUT2D eigenvalue weighted by molar-refractivity contribution is 0.119. The van der Waals surface area contributed by atoms with Gasteiger partial charge in [-0.3, -0.25) is 0 Å². The summed E-state index contributed by atoms with van der Waals surface area (Å²) in [5.74, 6) is 1.09. The van der Waals surface area contributed by atoms with Gasteiger partial charge < -0.3 is 15.0 Å². The van der Waals surface area contributed by atoms with E-state index in [9.17, 15) is 0 Å². The normalized spacial score (nSPS) is 12.6. The third-order valence-electron chi connectivity index (χ3n) is 3.39. The molecule has 21 heavy (non-hydrogen) atoms. The van der Waals surface area contributed by atoms with E-state index >= 15 is 0 Å². The summed E-state index contributed by atoms with van der Waals surface area (Å²) >= 11 is 0. The zero-order chi connectivity index (χ0) is 15.2. The van der Waals surface area contributed by atoms with E-state index in [0.29, 0.717) is 31.3 Å². The first kappa shape index (κ1) is 15.7. The standard InChI is InChI=1S/C16H23N3O2/c1-4-7-20-10-14(17)16-18-15(21-19-16)9-13-6-5-11(2)12(3)8-13/h5-6,8,14H,4,7,9-10,17H2,1-3H3. The fourth-order valence-corrected chi connectivity index (χ4v) is 2.01. The molecule has 2 aromatic rings. The number of nitrogens with two attached hydrogens (primary N) is 1. The lowest BCUT2D eigenvalue weighted by atomic mass is 10.0. The van der Waals surface area contributed by atoms with Gasteiger partial charge in [0, 0.05) is 6.61 Å². The van der Waals surface area contributed by atoms with Gasteiger partial charge in [-0.15, -0.1) is 0 Å². The zero-order valence-electron chi connectivity index (χ0n) is 12.9. The van der Waals surface area contributed by atoms with Crippen molar-refractivity contribution in [1.82, 2.24) is 10.1 Å². The van der Waals surface area contributed by atoms with Crippen molar-refractivity contribution in [3.63, 3.8) is 0 Å². The van der Waals surface area contributed by atoms with Crippen LogP contribution in [-0.2, 0) is 11.2 Å². The van der Waals surface area contributed by atoms with Gasteiger partial charge in [0.05, 0.1) is 19.1 Å². The second kappa shape index (κ2) is 7.33. The number of ether oxygens (including phenoxy) is 1. The Morgan fingerprint density at radius 1 is 1.29 bits per heavy atom. The van der Waals surface area contributed by atoms with Crippen LogP contribution >= 0.6 is 0 Å². The van der Waals surface area contributed by atoms with Crippen LogP contribution in [0.5, 0.6) is 0 Å². The highest BCUT2D eigenvalue weighted by atomic mass is 16.5. The third-order valence-corrected chi connectivity index (χ3v) is 3.39. The van der Waals surface area contributed by atoms with Crippen molar-refractivity contribution in [2.75, 3.05) is 13.2 Å². The molecule has 0 saturated heterocycles. The molecule has 1 heterocycles. The molecule has 2 N–H and O–H groups in total. The molecule has 1 aromatic heterocycles. The van der Waals surface area contributed by atoms with Crippen LogP contribution in [0.4, 0.5) is 0 Å². The van der Waals surface area contributed by atoms with Crippen molar-refractivity contribution in [2.45, 2.75) is 39.7 Å². The minimum Gasteiger partial charge on any atom is -0.379 e. The third kappa shape index (κ3) is 4.37. The van der Waals surface area contributed by atoms with Gasteiger partial charge in [0.25, 0.3) is 0 Å². The van der Waals surface area contributed by atoms with E-state index in [1.165, 1.54) is 11.1 Å². The van der Waals surface area contributed by atoms with Crippen LogP contribution in [-0.4, -0.2) is 23.4 Å².